The number of ether oxygens (including phenoxy) is 1. The van der Waals surface area contributed by atoms with Gasteiger partial charge in [-0.15, -0.1) is 0 Å². The average Bonchev–Trinajstić information content (AvgIpc) is 3.15. The summed E-state index contributed by atoms with van der Waals surface area (Å²) in [6, 6.07) is 10.0. The Labute approximate surface area is 165 Å². The van der Waals surface area contributed by atoms with Gasteiger partial charge in [0.25, 0.3) is 10.0 Å². The normalized spacial score (nSPS) is 16.2. The number of hydrogen-bond acceptors (Lipinski definition) is 6. The highest BCUT2D eigenvalue weighted by molar-refractivity contribution is 7.89. The summed E-state index contributed by atoms with van der Waals surface area (Å²) in [4.78, 5) is 14.4. The van der Waals surface area contributed by atoms with Crippen molar-refractivity contribution in [2.75, 3.05) is 20.2 Å². The second-order valence-electron chi connectivity index (χ2n) is 6.88. The van der Waals surface area contributed by atoms with E-state index in [0.29, 0.717) is 25.0 Å². The topological polar surface area (TPSA) is 104 Å². The number of benzene rings is 1. The molecule has 1 aromatic heterocycles. The maximum atomic E-state index is 12.8. The van der Waals surface area contributed by atoms with Crippen LogP contribution in [0.5, 0.6) is 0 Å². The van der Waals surface area contributed by atoms with Crippen molar-refractivity contribution in [1.82, 2.24) is 19.8 Å². The minimum Gasteiger partial charge on any atom is -0.465 e. The van der Waals surface area contributed by atoms with Crippen LogP contribution in [0.15, 0.2) is 35.4 Å². The van der Waals surface area contributed by atoms with E-state index in [1.54, 1.807) is 0 Å². The minimum absolute atomic E-state index is 0.0148. The summed E-state index contributed by atoms with van der Waals surface area (Å²) in [6.07, 6.45) is 1.85. The van der Waals surface area contributed by atoms with E-state index in [2.05, 4.69) is 32.0 Å². The van der Waals surface area contributed by atoms with Crippen LogP contribution >= 0.6 is 0 Å². The molecule has 0 spiro atoms. The van der Waals surface area contributed by atoms with Crippen LogP contribution in [0.1, 0.15) is 41.4 Å². The number of piperidine rings is 1. The molecule has 0 atom stereocenters. The molecule has 1 fully saturated rings. The third-order valence-electron chi connectivity index (χ3n) is 4.96. The first kappa shape index (κ1) is 20.5. The van der Waals surface area contributed by atoms with Crippen LogP contribution in [-0.2, 0) is 27.7 Å². The van der Waals surface area contributed by atoms with Gasteiger partial charge in [-0.1, -0.05) is 37.3 Å². The first-order chi connectivity index (χ1) is 13.4. The molecule has 0 aliphatic carbocycles. The Morgan fingerprint density at radius 1 is 1.29 bits per heavy atom. The van der Waals surface area contributed by atoms with E-state index in [1.807, 2.05) is 25.1 Å². The van der Waals surface area contributed by atoms with E-state index < -0.39 is 16.0 Å². The average molecular weight is 407 g/mol. The van der Waals surface area contributed by atoms with Gasteiger partial charge in [0.05, 0.1) is 12.8 Å². The number of sulfonamides is 1. The Balaban J connectivity index is 1.64. The monoisotopic (exact) mass is 406 g/mol. The number of likely N-dealkylation sites (tertiary alicyclic amines) is 1. The Morgan fingerprint density at radius 2 is 1.96 bits per heavy atom. The van der Waals surface area contributed by atoms with Gasteiger partial charge in [-0.2, -0.15) is 5.10 Å². The van der Waals surface area contributed by atoms with Gasteiger partial charge in [-0.05, 0) is 24.8 Å². The Morgan fingerprint density at radius 3 is 2.57 bits per heavy atom. The van der Waals surface area contributed by atoms with Crippen molar-refractivity contribution < 1.29 is 17.9 Å². The van der Waals surface area contributed by atoms with Gasteiger partial charge in [0.2, 0.25) is 5.03 Å². The maximum absolute atomic E-state index is 12.8. The summed E-state index contributed by atoms with van der Waals surface area (Å²) in [6.45, 7) is 4.26. The van der Waals surface area contributed by atoms with E-state index in [-0.39, 0.29) is 16.6 Å². The molecule has 28 heavy (non-hydrogen) atoms. The highest BCUT2D eigenvalue weighted by atomic mass is 32.2. The van der Waals surface area contributed by atoms with Crippen LogP contribution in [0, 0.1) is 0 Å². The zero-order valence-corrected chi connectivity index (χ0v) is 17.0. The molecule has 9 heteroatoms. The lowest BCUT2D eigenvalue weighted by Crippen LogP contribution is -2.44. The highest BCUT2D eigenvalue weighted by Gasteiger charge is 2.32. The zero-order valence-electron chi connectivity index (χ0n) is 16.1. The van der Waals surface area contributed by atoms with Gasteiger partial charge in [-0.25, -0.2) is 17.9 Å². The number of aromatic amines is 1. The van der Waals surface area contributed by atoms with E-state index in [9.17, 15) is 13.2 Å². The highest BCUT2D eigenvalue weighted by Crippen LogP contribution is 2.21. The molecule has 0 amide bonds. The number of hydrogen-bond donors (Lipinski definition) is 2. The fourth-order valence-electron chi connectivity index (χ4n) is 3.45. The molecule has 1 saturated heterocycles. The molecule has 3 rings (SSSR count). The molecule has 1 aromatic carbocycles. The maximum Gasteiger partial charge on any atom is 0.342 e. The minimum atomic E-state index is -3.92. The summed E-state index contributed by atoms with van der Waals surface area (Å²) in [5.74, 6) is -0.705. The summed E-state index contributed by atoms with van der Waals surface area (Å²) >= 11 is 0. The number of carbonyl (C=O) groups excluding carboxylic acids is 1. The molecule has 2 aromatic rings. The molecule has 2 N–H and O–H groups in total. The van der Waals surface area contributed by atoms with Crippen molar-refractivity contribution >= 4 is 16.0 Å². The summed E-state index contributed by atoms with van der Waals surface area (Å²) in [7, 11) is -2.70. The first-order valence-electron chi connectivity index (χ1n) is 9.38. The molecule has 1 aliphatic rings. The van der Waals surface area contributed by atoms with Crippen molar-refractivity contribution in [1.29, 1.82) is 0 Å². The fraction of sp³-hybridized carbons (Fsp3) is 0.474. The smallest absolute Gasteiger partial charge is 0.342 e. The van der Waals surface area contributed by atoms with E-state index in [1.165, 1.54) is 12.7 Å². The second-order valence-corrected chi connectivity index (χ2v) is 8.51. The molecule has 2 heterocycles. The molecular formula is C19H26N4O4S. The quantitative estimate of drug-likeness (QED) is 0.678. The largest absolute Gasteiger partial charge is 0.465 e. The number of carbonyl (C=O) groups is 1. The fourth-order valence-corrected chi connectivity index (χ4v) is 4.88. The van der Waals surface area contributed by atoms with Gasteiger partial charge in [-0.3, -0.25) is 10.00 Å². The Kier molecular flexibility index (Phi) is 6.48. The van der Waals surface area contributed by atoms with Gasteiger partial charge >= 0.3 is 5.97 Å². The number of nitrogens with one attached hydrogen (secondary N) is 2. The van der Waals surface area contributed by atoms with Crippen LogP contribution in [0.4, 0.5) is 0 Å². The van der Waals surface area contributed by atoms with Crippen LogP contribution in [0.2, 0.25) is 0 Å². The molecule has 0 radical (unpaired) electrons. The molecule has 0 saturated carbocycles. The number of nitrogens with zero attached hydrogens (tertiary/aromatic N) is 2. The van der Waals surface area contributed by atoms with E-state index in [0.717, 1.165) is 19.6 Å². The Hall–Kier alpha value is -2.23. The molecule has 8 nitrogen and oxygen atoms in total. The van der Waals surface area contributed by atoms with Crippen molar-refractivity contribution in [3.05, 3.63) is 47.2 Å². The number of methoxy groups -OCH3 is 1. The number of H-pyrrole nitrogens is 1. The van der Waals surface area contributed by atoms with Crippen molar-refractivity contribution in [2.45, 2.75) is 43.8 Å². The van der Waals surface area contributed by atoms with Gasteiger partial charge in [0, 0.05) is 25.7 Å². The number of esters is 1. The first-order valence-corrected chi connectivity index (χ1v) is 10.9. The summed E-state index contributed by atoms with van der Waals surface area (Å²) in [5, 5.41) is 6.23. The van der Waals surface area contributed by atoms with Crippen LogP contribution in [0.3, 0.4) is 0 Å². The lowest BCUT2D eigenvalue weighted by atomic mass is 10.1. The SMILES string of the molecule is CCc1[nH]nc(S(=O)(=O)NC2CCN(Cc3ccccc3)CC2)c1C(=O)OC. The predicted molar refractivity (Wildman–Crippen MR) is 104 cm³/mol. The second kappa shape index (κ2) is 8.85. The van der Waals surface area contributed by atoms with Gasteiger partial charge in [0.15, 0.2) is 0 Å². The van der Waals surface area contributed by atoms with E-state index >= 15 is 0 Å². The summed E-state index contributed by atoms with van der Waals surface area (Å²) in [5.41, 5.74) is 1.68. The lowest BCUT2D eigenvalue weighted by Gasteiger charge is -2.32. The zero-order chi connectivity index (χ0) is 20.1. The van der Waals surface area contributed by atoms with Gasteiger partial charge < -0.3 is 4.74 Å². The third kappa shape index (κ3) is 4.60. The van der Waals surface area contributed by atoms with Crippen molar-refractivity contribution in [3.63, 3.8) is 0 Å². The van der Waals surface area contributed by atoms with E-state index in [4.69, 9.17) is 4.74 Å². The van der Waals surface area contributed by atoms with Crippen molar-refractivity contribution in [3.8, 4) is 0 Å². The molecule has 1 aliphatic heterocycles. The van der Waals surface area contributed by atoms with Crippen LogP contribution in [-0.4, -0.2) is 55.7 Å². The molecular weight excluding hydrogens is 380 g/mol. The van der Waals surface area contributed by atoms with Crippen LogP contribution in [0.25, 0.3) is 0 Å². The number of rotatable bonds is 7. The number of aromatic nitrogens is 2. The summed E-state index contributed by atoms with van der Waals surface area (Å²) < 4.78 is 33.1. The van der Waals surface area contributed by atoms with Crippen LogP contribution < -0.4 is 4.72 Å². The number of aryl methyl sites for hydroxylation is 1. The molecule has 0 bridgehead atoms. The molecule has 0 unspecified atom stereocenters. The standard InChI is InChI=1S/C19H26N4O4S/c1-3-16-17(19(24)27-2)18(21-20-16)28(25,26)22-15-9-11-23(12-10-15)13-14-7-5-4-6-8-14/h4-8,15,22H,3,9-13H2,1-2H3,(H,20,21). The Bertz CT molecular complexity index is 903. The van der Waals surface area contributed by atoms with Gasteiger partial charge in [0.1, 0.15) is 5.56 Å². The predicted octanol–water partition coefficient (Wildman–Crippen LogP) is 1.70. The molecule has 152 valence electrons. The third-order valence-corrected chi connectivity index (χ3v) is 6.41. The van der Waals surface area contributed by atoms with Crippen molar-refractivity contribution in [2.24, 2.45) is 0 Å². The lowest BCUT2D eigenvalue weighted by molar-refractivity contribution is 0.0595.